The predicted molar refractivity (Wildman–Crippen MR) is 78.7 cm³/mol. The minimum Gasteiger partial charge on any atom is -0.496 e. The molecule has 5 rings (SSSR count). The molecule has 2 nitrogen and oxygen atoms in total. The molecule has 0 unspecified atom stereocenters. The minimum atomic E-state index is -0.648. The Labute approximate surface area is 121 Å². The number of methoxy groups -OCH3 is 1. The zero-order chi connectivity index (χ0) is 13.9. The second kappa shape index (κ2) is 4.24. The molecule has 108 valence electrons. The Morgan fingerprint density at radius 3 is 2.20 bits per heavy atom. The van der Waals surface area contributed by atoms with Crippen LogP contribution in [-0.2, 0) is 5.60 Å². The molecule has 20 heavy (non-hydrogen) atoms. The second-order valence-electron chi connectivity index (χ2n) is 7.33. The summed E-state index contributed by atoms with van der Waals surface area (Å²) in [6, 6.07) is 6.25. The fraction of sp³-hybridized carbons (Fsp3) is 0.667. The molecule has 4 fully saturated rings. The van der Waals surface area contributed by atoms with E-state index >= 15 is 0 Å². The van der Waals surface area contributed by atoms with Crippen molar-refractivity contribution in [3.8, 4) is 5.75 Å². The molecule has 0 aliphatic heterocycles. The van der Waals surface area contributed by atoms with Gasteiger partial charge in [0, 0.05) is 5.56 Å². The first-order valence-corrected chi connectivity index (χ1v) is 7.98. The van der Waals surface area contributed by atoms with Gasteiger partial charge in [-0.25, -0.2) is 0 Å². The van der Waals surface area contributed by atoms with Crippen molar-refractivity contribution in [2.75, 3.05) is 7.11 Å². The highest BCUT2D eigenvalue weighted by Crippen LogP contribution is 2.62. The van der Waals surface area contributed by atoms with Crippen LogP contribution in [-0.4, -0.2) is 12.2 Å². The van der Waals surface area contributed by atoms with Gasteiger partial charge in [-0.15, -0.1) is 0 Å². The Morgan fingerprint density at radius 1 is 1.05 bits per heavy atom. The van der Waals surface area contributed by atoms with E-state index in [1.807, 2.05) is 6.07 Å². The average Bonchev–Trinajstić information content (AvgIpc) is 2.43. The minimum absolute atomic E-state index is 0.439. The van der Waals surface area contributed by atoms with Crippen molar-refractivity contribution < 1.29 is 9.84 Å². The molecule has 0 radical (unpaired) electrons. The highest BCUT2D eigenvalue weighted by Gasteiger charge is 2.58. The fourth-order valence-corrected chi connectivity index (χ4v) is 5.48. The largest absolute Gasteiger partial charge is 0.496 e. The lowest BCUT2D eigenvalue weighted by Gasteiger charge is -2.59. The molecular formula is C18H24O2. The molecule has 0 spiro atoms. The number of hydrogen-bond acceptors (Lipinski definition) is 2. The van der Waals surface area contributed by atoms with Crippen LogP contribution in [0.2, 0.25) is 0 Å². The first kappa shape index (κ1) is 12.7. The van der Waals surface area contributed by atoms with E-state index in [4.69, 9.17) is 4.74 Å². The van der Waals surface area contributed by atoms with Crippen molar-refractivity contribution >= 4 is 0 Å². The molecule has 1 aromatic rings. The standard InChI is InChI=1S/C18H24O2/c1-11-3-4-17(20-2)16(5-11)18(19)14-7-12-6-13(9-14)10-15(18)8-12/h3-5,12-15,19H,6-10H2,1-2H3. The van der Waals surface area contributed by atoms with Gasteiger partial charge in [-0.05, 0) is 74.8 Å². The third kappa shape index (κ3) is 1.60. The van der Waals surface area contributed by atoms with Crippen LogP contribution >= 0.6 is 0 Å². The average molecular weight is 272 g/mol. The van der Waals surface area contributed by atoms with Crippen LogP contribution in [0.15, 0.2) is 18.2 Å². The molecule has 1 N–H and O–H groups in total. The zero-order valence-electron chi connectivity index (χ0n) is 12.4. The first-order chi connectivity index (χ1) is 9.61. The number of rotatable bonds is 2. The number of benzene rings is 1. The molecule has 0 amide bonds. The van der Waals surface area contributed by atoms with Crippen molar-refractivity contribution in [1.29, 1.82) is 0 Å². The van der Waals surface area contributed by atoms with Crippen LogP contribution in [0, 0.1) is 30.6 Å². The summed E-state index contributed by atoms with van der Waals surface area (Å²) in [5.41, 5.74) is 1.61. The quantitative estimate of drug-likeness (QED) is 0.890. The lowest BCUT2D eigenvalue weighted by molar-refractivity contribution is -0.180. The molecule has 4 aliphatic carbocycles. The summed E-state index contributed by atoms with van der Waals surface area (Å²) in [7, 11) is 1.72. The van der Waals surface area contributed by atoms with Gasteiger partial charge in [0.2, 0.25) is 0 Å². The summed E-state index contributed by atoms with van der Waals surface area (Å²) >= 11 is 0. The number of aryl methyl sites for hydroxylation is 1. The molecule has 1 aromatic carbocycles. The Morgan fingerprint density at radius 2 is 1.65 bits per heavy atom. The van der Waals surface area contributed by atoms with E-state index in [9.17, 15) is 5.11 Å². The molecule has 4 aliphatic rings. The van der Waals surface area contributed by atoms with Crippen LogP contribution in [0.25, 0.3) is 0 Å². The van der Waals surface area contributed by atoms with Gasteiger partial charge in [0.15, 0.2) is 0 Å². The Hall–Kier alpha value is -1.02. The topological polar surface area (TPSA) is 29.5 Å². The summed E-state index contributed by atoms with van der Waals surface area (Å²) in [4.78, 5) is 0. The van der Waals surface area contributed by atoms with Gasteiger partial charge >= 0.3 is 0 Å². The van der Waals surface area contributed by atoms with E-state index < -0.39 is 5.60 Å². The van der Waals surface area contributed by atoms with Crippen molar-refractivity contribution in [2.24, 2.45) is 23.7 Å². The molecular weight excluding hydrogens is 248 g/mol. The maximum absolute atomic E-state index is 11.6. The van der Waals surface area contributed by atoms with Gasteiger partial charge in [0.05, 0.1) is 12.7 Å². The molecule has 0 aromatic heterocycles. The Balaban J connectivity index is 1.82. The maximum atomic E-state index is 11.6. The zero-order valence-corrected chi connectivity index (χ0v) is 12.4. The fourth-order valence-electron chi connectivity index (χ4n) is 5.48. The lowest BCUT2D eigenvalue weighted by atomic mass is 9.48. The van der Waals surface area contributed by atoms with Crippen LogP contribution in [0.4, 0.5) is 0 Å². The molecule has 0 heterocycles. The third-order valence-electron chi connectivity index (χ3n) is 6.17. The van der Waals surface area contributed by atoms with Crippen LogP contribution in [0.1, 0.15) is 43.2 Å². The summed E-state index contributed by atoms with van der Waals surface area (Å²) < 4.78 is 5.56. The normalized spacial score (nSPS) is 42.0. The molecule has 4 saturated carbocycles. The van der Waals surface area contributed by atoms with Crippen LogP contribution in [0.5, 0.6) is 5.75 Å². The first-order valence-electron chi connectivity index (χ1n) is 7.98. The van der Waals surface area contributed by atoms with E-state index in [1.165, 1.54) is 37.7 Å². The van der Waals surface area contributed by atoms with Gasteiger partial charge in [-0.3, -0.25) is 0 Å². The van der Waals surface area contributed by atoms with Gasteiger partial charge in [0.1, 0.15) is 5.75 Å². The van der Waals surface area contributed by atoms with Gasteiger partial charge in [-0.1, -0.05) is 11.6 Å². The Kier molecular flexibility index (Phi) is 2.69. The smallest absolute Gasteiger partial charge is 0.124 e. The molecule has 0 saturated heterocycles. The summed E-state index contributed by atoms with van der Waals surface area (Å²) in [6.45, 7) is 2.10. The molecule has 0 atom stereocenters. The lowest BCUT2D eigenvalue weighted by Crippen LogP contribution is -2.55. The van der Waals surface area contributed by atoms with Crippen molar-refractivity contribution in [2.45, 2.75) is 44.6 Å². The van der Waals surface area contributed by atoms with Gasteiger partial charge in [0.25, 0.3) is 0 Å². The van der Waals surface area contributed by atoms with E-state index in [0.29, 0.717) is 11.8 Å². The monoisotopic (exact) mass is 272 g/mol. The molecule has 4 bridgehead atoms. The van der Waals surface area contributed by atoms with Crippen LogP contribution < -0.4 is 4.74 Å². The highest BCUT2D eigenvalue weighted by atomic mass is 16.5. The van der Waals surface area contributed by atoms with Crippen molar-refractivity contribution in [3.05, 3.63) is 29.3 Å². The highest BCUT2D eigenvalue weighted by molar-refractivity contribution is 5.43. The predicted octanol–water partition coefficient (Wildman–Crippen LogP) is 3.65. The van der Waals surface area contributed by atoms with Crippen molar-refractivity contribution in [1.82, 2.24) is 0 Å². The third-order valence-corrected chi connectivity index (χ3v) is 6.17. The summed E-state index contributed by atoms with van der Waals surface area (Å²) in [5, 5.41) is 11.6. The molecule has 2 heteroatoms. The SMILES string of the molecule is COc1ccc(C)cc1C1(O)C2CC3CC(C2)CC1C3. The van der Waals surface area contributed by atoms with E-state index in [1.54, 1.807) is 7.11 Å². The van der Waals surface area contributed by atoms with E-state index in [-0.39, 0.29) is 0 Å². The van der Waals surface area contributed by atoms with E-state index in [0.717, 1.165) is 23.1 Å². The Bertz CT molecular complexity index is 506. The number of ether oxygens (including phenoxy) is 1. The van der Waals surface area contributed by atoms with Gasteiger partial charge < -0.3 is 9.84 Å². The van der Waals surface area contributed by atoms with Gasteiger partial charge in [-0.2, -0.15) is 0 Å². The number of aliphatic hydroxyl groups is 1. The van der Waals surface area contributed by atoms with E-state index in [2.05, 4.69) is 19.1 Å². The summed E-state index contributed by atoms with van der Waals surface area (Å²) in [6.07, 6.45) is 6.25. The summed E-state index contributed by atoms with van der Waals surface area (Å²) in [5.74, 6) is 3.48. The van der Waals surface area contributed by atoms with Crippen molar-refractivity contribution in [3.63, 3.8) is 0 Å². The second-order valence-corrected chi connectivity index (χ2v) is 7.33. The number of hydrogen-bond donors (Lipinski definition) is 1. The maximum Gasteiger partial charge on any atom is 0.124 e. The van der Waals surface area contributed by atoms with Crippen LogP contribution in [0.3, 0.4) is 0 Å².